The molecule has 0 saturated carbocycles. The number of piperidine rings is 1. The van der Waals surface area contributed by atoms with Crippen molar-refractivity contribution in [3.63, 3.8) is 0 Å². The van der Waals surface area contributed by atoms with Crippen molar-refractivity contribution in [2.45, 2.75) is 64.9 Å². The van der Waals surface area contributed by atoms with Crippen LogP contribution in [-0.4, -0.2) is 30.2 Å². The topological polar surface area (TPSA) is 38.8 Å². The van der Waals surface area contributed by atoms with Crippen LogP contribution in [0.2, 0.25) is 5.02 Å². The van der Waals surface area contributed by atoms with E-state index in [2.05, 4.69) is 4.90 Å². The molecule has 0 amide bonds. The van der Waals surface area contributed by atoms with Crippen LogP contribution in [0.15, 0.2) is 24.3 Å². The molecule has 1 atom stereocenters. The third kappa shape index (κ3) is 5.31. The number of halogens is 1. The highest BCUT2D eigenvalue weighted by atomic mass is 35.5. The van der Waals surface area contributed by atoms with Gasteiger partial charge in [-0.15, -0.1) is 0 Å². The average molecular weight is 374 g/mol. The second-order valence-electron chi connectivity index (χ2n) is 6.87. The molecule has 24 heavy (non-hydrogen) atoms. The van der Waals surface area contributed by atoms with E-state index in [1.807, 2.05) is 52.0 Å². The number of benzene rings is 1. The molecule has 0 aliphatic carbocycles. The van der Waals surface area contributed by atoms with E-state index in [-0.39, 0.29) is 18.0 Å². The molecule has 1 aliphatic rings. The normalized spacial score (nSPS) is 18.3. The molecule has 1 unspecified atom stereocenters. The van der Waals surface area contributed by atoms with Gasteiger partial charge in [-0.3, -0.25) is 9.46 Å². The molecule has 0 aromatic heterocycles. The fourth-order valence-corrected chi connectivity index (χ4v) is 5.87. The van der Waals surface area contributed by atoms with Crippen molar-refractivity contribution in [1.82, 2.24) is 4.90 Å². The molecule has 4 nitrogen and oxygen atoms in total. The zero-order chi connectivity index (χ0) is 17.7. The standard InChI is InChI=1S/C18H29ClNO3P/c1-14(2)22-24(21,23-15(3)4)18(20-12-6-5-7-13-20)16-8-10-17(19)11-9-16/h8-11,14-15,18H,5-7,12-13H2,1-4H3. The van der Waals surface area contributed by atoms with Gasteiger partial charge in [0.25, 0.3) is 0 Å². The van der Waals surface area contributed by atoms with Gasteiger partial charge in [-0.2, -0.15) is 0 Å². The molecule has 1 aromatic rings. The number of rotatable bonds is 7. The molecule has 136 valence electrons. The highest BCUT2D eigenvalue weighted by molar-refractivity contribution is 7.54. The Bertz CT molecular complexity index is 542. The van der Waals surface area contributed by atoms with Gasteiger partial charge in [0.2, 0.25) is 0 Å². The van der Waals surface area contributed by atoms with Crippen LogP contribution in [0.5, 0.6) is 0 Å². The van der Waals surface area contributed by atoms with Gasteiger partial charge in [0.05, 0.1) is 12.2 Å². The monoisotopic (exact) mass is 373 g/mol. The first kappa shape index (κ1) is 19.9. The molecule has 6 heteroatoms. The molecule has 0 spiro atoms. The maximum absolute atomic E-state index is 13.8. The van der Waals surface area contributed by atoms with Gasteiger partial charge in [-0.1, -0.05) is 30.2 Å². The fraction of sp³-hybridized carbons (Fsp3) is 0.667. The second kappa shape index (κ2) is 8.82. The predicted octanol–water partition coefficient (Wildman–Crippen LogP) is 5.87. The maximum atomic E-state index is 13.8. The van der Waals surface area contributed by atoms with Crippen molar-refractivity contribution in [1.29, 1.82) is 0 Å². The van der Waals surface area contributed by atoms with Gasteiger partial charge >= 0.3 is 7.60 Å². The Morgan fingerprint density at radius 2 is 1.46 bits per heavy atom. The molecule has 1 aliphatic heterocycles. The zero-order valence-corrected chi connectivity index (χ0v) is 16.7. The molecule has 0 radical (unpaired) electrons. The molecule has 0 N–H and O–H groups in total. The van der Waals surface area contributed by atoms with Gasteiger partial charge in [-0.25, -0.2) is 0 Å². The lowest BCUT2D eigenvalue weighted by molar-refractivity contribution is 0.104. The molecule has 1 aromatic carbocycles. The van der Waals surface area contributed by atoms with E-state index in [0.29, 0.717) is 5.02 Å². The lowest BCUT2D eigenvalue weighted by atomic mass is 10.1. The van der Waals surface area contributed by atoms with Crippen molar-refractivity contribution in [2.24, 2.45) is 0 Å². The van der Waals surface area contributed by atoms with Crippen molar-refractivity contribution in [3.8, 4) is 0 Å². The van der Waals surface area contributed by atoms with Crippen molar-refractivity contribution < 1.29 is 13.6 Å². The van der Waals surface area contributed by atoms with Gasteiger partial charge in [0, 0.05) is 5.02 Å². The summed E-state index contributed by atoms with van der Waals surface area (Å²) in [7, 11) is -3.36. The van der Waals surface area contributed by atoms with Crippen LogP contribution in [0.4, 0.5) is 0 Å². The van der Waals surface area contributed by atoms with Crippen molar-refractivity contribution in [2.75, 3.05) is 13.1 Å². The summed E-state index contributed by atoms with van der Waals surface area (Å²) in [5.74, 6) is -0.389. The van der Waals surface area contributed by atoms with Gasteiger partial charge in [-0.05, 0) is 71.3 Å². The zero-order valence-electron chi connectivity index (χ0n) is 15.1. The summed E-state index contributed by atoms with van der Waals surface area (Å²) in [5, 5.41) is 0.667. The van der Waals surface area contributed by atoms with E-state index in [0.717, 1.165) is 31.5 Å². The lowest BCUT2D eigenvalue weighted by Gasteiger charge is -2.39. The van der Waals surface area contributed by atoms with Crippen LogP contribution in [0.1, 0.15) is 58.3 Å². The van der Waals surface area contributed by atoms with E-state index in [4.69, 9.17) is 20.6 Å². The van der Waals surface area contributed by atoms with E-state index in [9.17, 15) is 4.57 Å². The first-order valence-corrected chi connectivity index (χ1v) is 10.8. The molecule has 0 bridgehead atoms. The smallest absolute Gasteiger partial charge is 0.304 e. The van der Waals surface area contributed by atoms with E-state index >= 15 is 0 Å². The molecular formula is C18H29ClNO3P. The van der Waals surface area contributed by atoms with Crippen LogP contribution < -0.4 is 0 Å². The number of likely N-dealkylation sites (tertiary alicyclic amines) is 1. The Morgan fingerprint density at radius 1 is 0.958 bits per heavy atom. The number of hydrogen-bond donors (Lipinski definition) is 0. The summed E-state index contributed by atoms with van der Waals surface area (Å²) in [6.45, 7) is 9.38. The minimum absolute atomic E-state index is 0.172. The highest BCUT2D eigenvalue weighted by Crippen LogP contribution is 2.64. The van der Waals surface area contributed by atoms with Gasteiger partial charge in [0.1, 0.15) is 5.78 Å². The molecule has 2 rings (SSSR count). The van der Waals surface area contributed by atoms with Gasteiger partial charge in [0.15, 0.2) is 0 Å². The molecular weight excluding hydrogens is 345 g/mol. The summed E-state index contributed by atoms with van der Waals surface area (Å²) in [5.41, 5.74) is 0.936. The lowest BCUT2D eigenvalue weighted by Crippen LogP contribution is -2.35. The fourth-order valence-electron chi connectivity index (χ4n) is 3.12. The minimum atomic E-state index is -3.36. The summed E-state index contributed by atoms with van der Waals surface area (Å²) < 4.78 is 25.6. The summed E-state index contributed by atoms with van der Waals surface area (Å²) in [6, 6.07) is 7.54. The first-order valence-electron chi connectivity index (χ1n) is 8.78. The van der Waals surface area contributed by atoms with E-state index in [1.165, 1.54) is 6.42 Å². The largest absolute Gasteiger partial charge is 0.352 e. The summed E-state index contributed by atoms with van der Waals surface area (Å²) in [4.78, 5) is 2.25. The second-order valence-corrected chi connectivity index (χ2v) is 9.30. The minimum Gasteiger partial charge on any atom is -0.304 e. The Labute approximate surface area is 151 Å². The van der Waals surface area contributed by atoms with Gasteiger partial charge < -0.3 is 9.05 Å². The van der Waals surface area contributed by atoms with Crippen molar-refractivity contribution in [3.05, 3.63) is 34.9 Å². The third-order valence-corrected chi connectivity index (χ3v) is 6.83. The average Bonchev–Trinajstić information content (AvgIpc) is 2.48. The van der Waals surface area contributed by atoms with Crippen LogP contribution >= 0.6 is 19.2 Å². The van der Waals surface area contributed by atoms with E-state index in [1.54, 1.807) is 0 Å². The quantitative estimate of drug-likeness (QED) is 0.560. The molecule has 1 fully saturated rings. The third-order valence-electron chi connectivity index (χ3n) is 3.92. The summed E-state index contributed by atoms with van der Waals surface area (Å²) >= 11 is 6.04. The Balaban J connectivity index is 2.44. The van der Waals surface area contributed by atoms with E-state index < -0.39 is 7.60 Å². The Kier molecular flexibility index (Phi) is 7.33. The SMILES string of the molecule is CC(C)OP(=O)(OC(C)C)C(c1ccc(Cl)cc1)N1CCCCC1. The van der Waals surface area contributed by atoms with Crippen molar-refractivity contribution >= 4 is 19.2 Å². The van der Waals surface area contributed by atoms with Crippen LogP contribution in [0.3, 0.4) is 0 Å². The first-order chi connectivity index (χ1) is 11.3. The van der Waals surface area contributed by atoms with Crippen LogP contribution in [-0.2, 0) is 13.6 Å². The maximum Gasteiger partial charge on any atom is 0.352 e. The molecule has 1 saturated heterocycles. The Morgan fingerprint density at radius 3 is 1.92 bits per heavy atom. The van der Waals surface area contributed by atoms with Crippen LogP contribution in [0, 0.1) is 0 Å². The highest BCUT2D eigenvalue weighted by Gasteiger charge is 2.43. The summed E-state index contributed by atoms with van der Waals surface area (Å²) in [6.07, 6.45) is 3.08. The Hall–Kier alpha value is -0.380. The predicted molar refractivity (Wildman–Crippen MR) is 99.7 cm³/mol. The number of nitrogens with zero attached hydrogens (tertiary/aromatic N) is 1. The number of hydrogen-bond acceptors (Lipinski definition) is 4. The van der Waals surface area contributed by atoms with Crippen LogP contribution in [0.25, 0.3) is 0 Å². The molecule has 1 heterocycles.